The van der Waals surface area contributed by atoms with E-state index in [1.165, 1.54) is 20.0 Å². The fourth-order valence-corrected chi connectivity index (χ4v) is 4.27. The molecule has 0 radical (unpaired) electrons. The van der Waals surface area contributed by atoms with Gasteiger partial charge in [0.15, 0.2) is 17.9 Å². The van der Waals surface area contributed by atoms with Crippen LogP contribution in [0.1, 0.15) is 84.5 Å². The van der Waals surface area contributed by atoms with Crippen molar-refractivity contribution in [3.63, 3.8) is 0 Å². The average Bonchev–Trinajstić information content (AvgIpc) is 3.40. The van der Waals surface area contributed by atoms with Crippen LogP contribution in [-0.2, 0) is 29.9 Å². The molecule has 0 aliphatic carbocycles. The van der Waals surface area contributed by atoms with Crippen molar-refractivity contribution in [1.29, 1.82) is 0 Å². The lowest BCUT2D eigenvalue weighted by molar-refractivity contribution is -0.147. The van der Waals surface area contributed by atoms with E-state index in [1.807, 2.05) is 0 Å². The van der Waals surface area contributed by atoms with Gasteiger partial charge in [-0.25, -0.2) is 9.78 Å². The summed E-state index contributed by atoms with van der Waals surface area (Å²) >= 11 is 0. The van der Waals surface area contributed by atoms with Gasteiger partial charge >= 0.3 is 11.7 Å². The molecule has 0 amide bonds. The van der Waals surface area contributed by atoms with E-state index in [-0.39, 0.29) is 36.8 Å². The number of allylic oxidation sites excluding steroid dienone is 10. The van der Waals surface area contributed by atoms with Crippen molar-refractivity contribution in [3.05, 3.63) is 87.9 Å². The van der Waals surface area contributed by atoms with Crippen LogP contribution in [0.15, 0.2) is 76.7 Å². The van der Waals surface area contributed by atoms with Gasteiger partial charge in [-0.2, -0.15) is 0 Å². The van der Waals surface area contributed by atoms with E-state index in [4.69, 9.17) is 4.74 Å². The molecular formula is C33H48N4O5. The van der Waals surface area contributed by atoms with Crippen LogP contribution in [0.3, 0.4) is 0 Å². The fourth-order valence-electron chi connectivity index (χ4n) is 4.27. The maximum Gasteiger partial charge on any atom is 0.332 e. The maximum absolute atomic E-state index is 13.1. The van der Waals surface area contributed by atoms with E-state index in [0.29, 0.717) is 25.7 Å². The first-order chi connectivity index (χ1) is 20.4. The van der Waals surface area contributed by atoms with Crippen LogP contribution in [0.2, 0.25) is 0 Å². The highest BCUT2D eigenvalue weighted by Gasteiger charge is 2.17. The number of nitrogens with zero attached hydrogens (tertiary/aromatic N) is 4. The molecule has 2 aromatic rings. The molecule has 0 aliphatic rings. The summed E-state index contributed by atoms with van der Waals surface area (Å²) in [5.74, 6) is -0.354. The molecule has 0 saturated heterocycles. The Kier molecular flexibility index (Phi) is 16.6. The number of carbonyl (C=O) groups is 1. The molecule has 2 heterocycles. The predicted octanol–water partition coefficient (Wildman–Crippen LogP) is 5.87. The van der Waals surface area contributed by atoms with Crippen molar-refractivity contribution < 1.29 is 14.6 Å². The Hall–Kier alpha value is -3.72. The van der Waals surface area contributed by atoms with Gasteiger partial charge in [0, 0.05) is 20.0 Å². The quantitative estimate of drug-likeness (QED) is 0.119. The Morgan fingerprint density at radius 2 is 1.52 bits per heavy atom. The molecule has 2 aromatic heterocycles. The molecular weight excluding hydrogens is 532 g/mol. The highest BCUT2D eigenvalue weighted by atomic mass is 16.5. The lowest BCUT2D eigenvalue weighted by Gasteiger charge is -2.10. The minimum absolute atomic E-state index is 0.146. The molecule has 0 fully saturated rings. The number of aliphatic hydroxyl groups is 1. The van der Waals surface area contributed by atoms with Gasteiger partial charge in [-0.3, -0.25) is 23.3 Å². The molecule has 0 spiro atoms. The van der Waals surface area contributed by atoms with Crippen molar-refractivity contribution >= 4 is 17.1 Å². The first-order valence-corrected chi connectivity index (χ1v) is 15.1. The van der Waals surface area contributed by atoms with Crippen LogP contribution in [0.25, 0.3) is 11.2 Å². The number of hydrogen-bond donors (Lipinski definition) is 1. The van der Waals surface area contributed by atoms with Gasteiger partial charge in [0.05, 0.1) is 6.10 Å². The van der Waals surface area contributed by atoms with E-state index in [1.54, 1.807) is 14.0 Å². The van der Waals surface area contributed by atoms with Crippen molar-refractivity contribution in [1.82, 2.24) is 18.7 Å². The number of hydrogen-bond acceptors (Lipinski definition) is 6. The Morgan fingerprint density at radius 1 is 0.929 bits per heavy atom. The summed E-state index contributed by atoms with van der Waals surface area (Å²) in [5.41, 5.74) is -0.433. The van der Waals surface area contributed by atoms with Gasteiger partial charge < -0.3 is 9.84 Å². The number of aromatic nitrogens is 4. The van der Waals surface area contributed by atoms with Gasteiger partial charge in [0.1, 0.15) is 6.33 Å². The lowest BCUT2D eigenvalue weighted by atomic mass is 10.2. The van der Waals surface area contributed by atoms with Crippen LogP contribution in [0, 0.1) is 0 Å². The number of fused-ring (bicyclic) bond motifs is 1. The fraction of sp³-hybridized carbons (Fsp3) is 0.515. The Labute approximate surface area is 249 Å². The minimum atomic E-state index is -0.461. The molecule has 0 bridgehead atoms. The third-order valence-electron chi connectivity index (χ3n) is 6.63. The summed E-state index contributed by atoms with van der Waals surface area (Å²) < 4.78 is 9.35. The molecule has 2 rings (SSSR count). The summed E-state index contributed by atoms with van der Waals surface area (Å²) in [7, 11) is 1.56. The van der Waals surface area contributed by atoms with Crippen LogP contribution >= 0.6 is 0 Å². The smallest absolute Gasteiger partial charge is 0.332 e. The number of imidazole rings is 1. The zero-order valence-electron chi connectivity index (χ0n) is 25.5. The third-order valence-corrected chi connectivity index (χ3v) is 6.63. The largest absolute Gasteiger partial charge is 0.444 e. The number of ether oxygens (including phenoxy) is 1. The number of esters is 1. The summed E-state index contributed by atoms with van der Waals surface area (Å²) in [4.78, 5) is 42.2. The molecule has 0 saturated carbocycles. The van der Waals surface area contributed by atoms with E-state index in [9.17, 15) is 19.5 Å². The van der Waals surface area contributed by atoms with Crippen LogP contribution in [0.5, 0.6) is 0 Å². The van der Waals surface area contributed by atoms with Crippen LogP contribution in [0.4, 0.5) is 0 Å². The van der Waals surface area contributed by atoms with Crippen molar-refractivity contribution in [3.8, 4) is 0 Å². The zero-order valence-corrected chi connectivity index (χ0v) is 25.5. The molecule has 0 aromatic carbocycles. The molecule has 0 aliphatic heterocycles. The third kappa shape index (κ3) is 12.4. The summed E-state index contributed by atoms with van der Waals surface area (Å²) in [5, 5.41) is 9.43. The van der Waals surface area contributed by atoms with Gasteiger partial charge in [0.25, 0.3) is 5.56 Å². The van der Waals surface area contributed by atoms with E-state index in [2.05, 4.69) is 72.7 Å². The number of aryl methyl sites for hydroxylation is 1. The van der Waals surface area contributed by atoms with Gasteiger partial charge in [-0.1, -0.05) is 67.7 Å². The highest BCUT2D eigenvalue weighted by molar-refractivity contribution is 5.71. The number of carbonyl (C=O) groups excluding carboxylic acids is 1. The number of rotatable bonds is 20. The monoisotopic (exact) mass is 580 g/mol. The zero-order chi connectivity index (χ0) is 30.6. The van der Waals surface area contributed by atoms with Crippen molar-refractivity contribution in [2.45, 2.75) is 104 Å². The normalized spacial score (nSPS) is 13.2. The van der Waals surface area contributed by atoms with Crippen molar-refractivity contribution in [2.24, 2.45) is 7.05 Å². The molecule has 42 heavy (non-hydrogen) atoms. The first-order valence-electron chi connectivity index (χ1n) is 15.1. The topological polar surface area (TPSA) is 108 Å². The van der Waals surface area contributed by atoms with E-state index in [0.717, 1.165) is 38.5 Å². The standard InChI is InChI=1S/C33H48N4O5/c1-4-5-6-7-8-9-10-11-12-13-14-15-16-17-18-19-20-24-29(39)42-27-36-26-34-31-30(36)32(40)37(33(41)35(31)3)25-22-21-23-28(2)38/h5-6,8-9,11-12,14-15,17-18,26,28,38H,4,7,10,13,16,19-25,27H2,1-3H3/b6-5-,9-8-,12-11-,15-14-,18-17-/t28-/m0/s1. The van der Waals surface area contributed by atoms with E-state index < -0.39 is 17.4 Å². The second-order valence-corrected chi connectivity index (χ2v) is 10.3. The number of unbranched alkanes of at least 4 members (excludes halogenated alkanes) is 2. The van der Waals surface area contributed by atoms with E-state index >= 15 is 0 Å². The van der Waals surface area contributed by atoms with Gasteiger partial charge in [-0.15, -0.1) is 0 Å². The minimum Gasteiger partial charge on any atom is -0.444 e. The van der Waals surface area contributed by atoms with Gasteiger partial charge in [-0.05, 0) is 71.1 Å². The average molecular weight is 581 g/mol. The highest BCUT2D eigenvalue weighted by Crippen LogP contribution is 2.08. The number of aliphatic hydroxyl groups excluding tert-OH is 1. The molecule has 1 atom stereocenters. The van der Waals surface area contributed by atoms with Crippen LogP contribution in [-0.4, -0.2) is 35.9 Å². The summed E-state index contributed by atoms with van der Waals surface area (Å²) in [6, 6.07) is 0. The Bertz CT molecular complexity index is 1350. The molecule has 0 unspecified atom stereocenters. The van der Waals surface area contributed by atoms with Gasteiger partial charge in [0.2, 0.25) is 0 Å². The maximum atomic E-state index is 13.1. The SMILES string of the molecule is CC/C=C\C/C=C\C/C=C\C/C=C\C/C=C\CCCC(=O)OCn1cnc2c1c(=O)n(CCCC[C@H](C)O)c(=O)n2C. The summed E-state index contributed by atoms with van der Waals surface area (Å²) in [6.07, 6.45) is 30.9. The Balaban J connectivity index is 1.70. The first kappa shape index (κ1) is 34.5. The predicted molar refractivity (Wildman–Crippen MR) is 169 cm³/mol. The Morgan fingerprint density at radius 3 is 2.12 bits per heavy atom. The second kappa shape index (κ2) is 20.2. The molecule has 9 heteroatoms. The molecule has 9 nitrogen and oxygen atoms in total. The lowest BCUT2D eigenvalue weighted by Crippen LogP contribution is -2.39. The van der Waals surface area contributed by atoms with Crippen molar-refractivity contribution in [2.75, 3.05) is 0 Å². The summed E-state index contributed by atoms with van der Waals surface area (Å²) in [6.45, 7) is 3.95. The second-order valence-electron chi connectivity index (χ2n) is 10.3. The van der Waals surface area contributed by atoms with Crippen LogP contribution < -0.4 is 11.2 Å². The molecule has 1 N–H and O–H groups in total. The molecule has 230 valence electrons.